The molecule has 1 aromatic rings. The minimum absolute atomic E-state index is 0.0742. The summed E-state index contributed by atoms with van der Waals surface area (Å²) in [6.07, 6.45) is 0.289. The number of hydrogen-bond acceptors (Lipinski definition) is 3. The maximum absolute atomic E-state index is 10.9. The molecule has 1 rings (SSSR count). The summed E-state index contributed by atoms with van der Waals surface area (Å²) < 4.78 is 0. The highest BCUT2D eigenvalue weighted by Gasteiger charge is 2.14. The van der Waals surface area contributed by atoms with Crippen molar-refractivity contribution in [3.8, 4) is 0 Å². The van der Waals surface area contributed by atoms with Crippen molar-refractivity contribution in [1.29, 1.82) is 0 Å². The van der Waals surface area contributed by atoms with E-state index in [1.165, 1.54) is 0 Å². The number of carbonyl (C=O) groups excluding carboxylic acids is 2. The summed E-state index contributed by atoms with van der Waals surface area (Å²) in [4.78, 5) is 23.1. The molecule has 4 nitrogen and oxygen atoms in total. The number of carbonyl (C=O) groups is 2. The predicted octanol–water partition coefficient (Wildman–Crippen LogP) is 0.604. The van der Waals surface area contributed by atoms with Gasteiger partial charge >= 0.3 is 0 Å². The molecule has 0 aliphatic rings. The third kappa shape index (κ3) is 3.47. The molecule has 1 N–H and O–H groups in total. The Bertz CT molecular complexity index is 349. The molecule has 0 saturated carbocycles. The first kappa shape index (κ1) is 12.4. The zero-order valence-corrected chi connectivity index (χ0v) is 9.51. The Balaban J connectivity index is 2.69. The lowest BCUT2D eigenvalue weighted by molar-refractivity contribution is -0.131. The van der Waals surface area contributed by atoms with Gasteiger partial charge in [0.05, 0.1) is 6.04 Å². The summed E-state index contributed by atoms with van der Waals surface area (Å²) in [5.41, 5.74) is 1.11. The van der Waals surface area contributed by atoms with Gasteiger partial charge in [-0.3, -0.25) is 9.59 Å². The highest BCUT2D eigenvalue weighted by Crippen LogP contribution is 2.16. The van der Waals surface area contributed by atoms with Crippen LogP contribution >= 0.6 is 0 Å². The molecule has 1 unspecified atom stereocenters. The summed E-state index contributed by atoms with van der Waals surface area (Å²) in [7, 11) is 3.87. The molecule has 1 aromatic carbocycles. The van der Waals surface area contributed by atoms with Gasteiger partial charge in [0, 0.05) is 6.54 Å². The van der Waals surface area contributed by atoms with E-state index in [0.717, 1.165) is 5.56 Å². The first-order chi connectivity index (χ1) is 7.65. The van der Waals surface area contributed by atoms with Crippen LogP contribution in [0.1, 0.15) is 11.6 Å². The van der Waals surface area contributed by atoms with Crippen molar-refractivity contribution in [3.05, 3.63) is 35.9 Å². The van der Waals surface area contributed by atoms with Crippen LogP contribution in [0.3, 0.4) is 0 Å². The molecule has 0 aliphatic heterocycles. The van der Waals surface area contributed by atoms with Gasteiger partial charge in [0.1, 0.15) is 0 Å². The number of aldehydes is 1. The second-order valence-electron chi connectivity index (χ2n) is 3.75. The molecule has 4 heteroatoms. The molecule has 0 fully saturated rings. The molecular formula is C12H16N2O2. The first-order valence-corrected chi connectivity index (χ1v) is 5.09. The van der Waals surface area contributed by atoms with Crippen molar-refractivity contribution < 1.29 is 9.59 Å². The van der Waals surface area contributed by atoms with E-state index >= 15 is 0 Å². The summed E-state index contributed by atoms with van der Waals surface area (Å²) in [5, 5.41) is 2.56. The molecule has 0 aliphatic carbocycles. The quantitative estimate of drug-likeness (QED) is 0.584. The fourth-order valence-electron chi connectivity index (χ4n) is 1.51. The number of benzene rings is 1. The predicted molar refractivity (Wildman–Crippen MR) is 61.9 cm³/mol. The molecular weight excluding hydrogens is 204 g/mol. The van der Waals surface area contributed by atoms with Crippen LogP contribution in [0.4, 0.5) is 0 Å². The smallest absolute Gasteiger partial charge is 0.284 e. The highest BCUT2D eigenvalue weighted by molar-refractivity contribution is 6.23. The van der Waals surface area contributed by atoms with Crippen LogP contribution in [-0.4, -0.2) is 37.7 Å². The highest BCUT2D eigenvalue weighted by atomic mass is 16.2. The molecule has 1 amide bonds. The van der Waals surface area contributed by atoms with E-state index in [2.05, 4.69) is 5.32 Å². The van der Waals surface area contributed by atoms with Crippen LogP contribution in [0.5, 0.6) is 0 Å². The van der Waals surface area contributed by atoms with Gasteiger partial charge in [-0.1, -0.05) is 30.3 Å². The SMILES string of the molecule is CN(C)C(CNC(=O)C=O)c1ccccc1. The Hall–Kier alpha value is -1.68. The van der Waals surface area contributed by atoms with Crippen LogP contribution in [0, 0.1) is 0 Å². The van der Waals surface area contributed by atoms with E-state index in [-0.39, 0.29) is 12.3 Å². The maximum Gasteiger partial charge on any atom is 0.284 e. The second-order valence-corrected chi connectivity index (χ2v) is 3.75. The zero-order chi connectivity index (χ0) is 12.0. The van der Waals surface area contributed by atoms with Gasteiger partial charge in [-0.2, -0.15) is 0 Å². The number of nitrogens with zero attached hydrogens (tertiary/aromatic N) is 1. The van der Waals surface area contributed by atoms with Gasteiger partial charge in [0.15, 0.2) is 0 Å². The third-order valence-corrected chi connectivity index (χ3v) is 2.38. The van der Waals surface area contributed by atoms with Gasteiger partial charge in [0.2, 0.25) is 6.29 Å². The van der Waals surface area contributed by atoms with Gasteiger partial charge in [-0.15, -0.1) is 0 Å². The average Bonchev–Trinajstić information content (AvgIpc) is 2.30. The van der Waals surface area contributed by atoms with Crippen LogP contribution in [-0.2, 0) is 9.59 Å². The van der Waals surface area contributed by atoms with Gasteiger partial charge in [-0.25, -0.2) is 0 Å². The molecule has 1 atom stereocenters. The number of amides is 1. The monoisotopic (exact) mass is 220 g/mol. The molecule has 0 heterocycles. The van der Waals surface area contributed by atoms with Crippen molar-refractivity contribution in [2.75, 3.05) is 20.6 Å². The van der Waals surface area contributed by atoms with E-state index in [0.29, 0.717) is 6.54 Å². The van der Waals surface area contributed by atoms with Crippen LogP contribution in [0.2, 0.25) is 0 Å². The standard InChI is InChI=1S/C12H16N2O2/c1-14(2)11(8-13-12(16)9-15)10-6-4-3-5-7-10/h3-7,9,11H,8H2,1-2H3,(H,13,16). The Morgan fingerprint density at radius 2 is 2.00 bits per heavy atom. The maximum atomic E-state index is 10.9. The van der Waals surface area contributed by atoms with Crippen LogP contribution < -0.4 is 5.32 Å². The fraction of sp³-hybridized carbons (Fsp3) is 0.333. The largest absolute Gasteiger partial charge is 0.348 e. The number of likely N-dealkylation sites (N-methyl/N-ethyl adjacent to an activating group) is 1. The average molecular weight is 220 g/mol. The van der Waals surface area contributed by atoms with E-state index < -0.39 is 5.91 Å². The van der Waals surface area contributed by atoms with Crippen LogP contribution in [0.25, 0.3) is 0 Å². The van der Waals surface area contributed by atoms with Crippen molar-refractivity contribution in [1.82, 2.24) is 10.2 Å². The minimum Gasteiger partial charge on any atom is -0.348 e. The van der Waals surface area contributed by atoms with E-state index in [1.54, 1.807) is 0 Å². The molecule has 86 valence electrons. The summed E-state index contributed by atoms with van der Waals surface area (Å²) in [6.45, 7) is 0.425. The summed E-state index contributed by atoms with van der Waals surface area (Å²) in [5.74, 6) is -0.581. The first-order valence-electron chi connectivity index (χ1n) is 5.09. The van der Waals surface area contributed by atoms with Crippen molar-refractivity contribution in [2.45, 2.75) is 6.04 Å². The number of rotatable bonds is 5. The lowest BCUT2D eigenvalue weighted by Gasteiger charge is -2.24. The Morgan fingerprint density at radius 3 is 2.50 bits per heavy atom. The molecule has 0 radical (unpaired) electrons. The van der Waals surface area contributed by atoms with Crippen molar-refractivity contribution >= 4 is 12.2 Å². The number of hydrogen-bond donors (Lipinski definition) is 1. The van der Waals surface area contributed by atoms with E-state index in [4.69, 9.17) is 0 Å². The van der Waals surface area contributed by atoms with Gasteiger partial charge < -0.3 is 10.2 Å². The Morgan fingerprint density at radius 1 is 1.38 bits per heavy atom. The molecule has 0 saturated heterocycles. The van der Waals surface area contributed by atoms with Crippen molar-refractivity contribution in [2.24, 2.45) is 0 Å². The fourth-order valence-corrected chi connectivity index (χ4v) is 1.51. The Labute approximate surface area is 95.3 Å². The lowest BCUT2D eigenvalue weighted by Crippen LogP contribution is -2.34. The molecule has 0 spiro atoms. The van der Waals surface area contributed by atoms with Gasteiger partial charge in [-0.05, 0) is 19.7 Å². The molecule has 16 heavy (non-hydrogen) atoms. The van der Waals surface area contributed by atoms with Crippen LogP contribution in [0.15, 0.2) is 30.3 Å². The topological polar surface area (TPSA) is 49.4 Å². The third-order valence-electron chi connectivity index (χ3n) is 2.38. The summed E-state index contributed by atoms with van der Waals surface area (Å²) in [6, 6.07) is 9.92. The van der Waals surface area contributed by atoms with E-state index in [9.17, 15) is 9.59 Å². The number of nitrogens with one attached hydrogen (secondary N) is 1. The molecule has 0 aromatic heterocycles. The summed E-state index contributed by atoms with van der Waals surface area (Å²) >= 11 is 0. The lowest BCUT2D eigenvalue weighted by atomic mass is 10.1. The van der Waals surface area contributed by atoms with Crippen molar-refractivity contribution in [3.63, 3.8) is 0 Å². The van der Waals surface area contributed by atoms with E-state index in [1.807, 2.05) is 49.3 Å². The second kappa shape index (κ2) is 6.02. The minimum atomic E-state index is -0.581. The van der Waals surface area contributed by atoms with Gasteiger partial charge in [0.25, 0.3) is 5.91 Å². The normalized spacial score (nSPS) is 12.2. The molecule has 0 bridgehead atoms. The Kier molecular flexibility index (Phi) is 4.66. The zero-order valence-electron chi connectivity index (χ0n) is 9.51.